The number of nitrogens with zero attached hydrogens (tertiary/aromatic N) is 1. The summed E-state index contributed by atoms with van der Waals surface area (Å²) < 4.78 is 10.6. The van der Waals surface area contributed by atoms with Crippen LogP contribution in [0.2, 0.25) is 0 Å². The quantitative estimate of drug-likeness (QED) is 0.318. The standard InChI is InChI=1S/C28H27N3O5S/c1-3-35-28(34)24-19-13-12-16(2)14-22(19)37-26(24)31-23(32)15-36-27(33)18-9-5-4-8-17(18)25-29-20-10-6-7-11-21(20)30-25/h4-11,16H,3,12-15H2,1-2H3,(H,29,30)(H,31,32). The van der Waals surface area contributed by atoms with E-state index < -0.39 is 24.5 Å². The van der Waals surface area contributed by atoms with E-state index in [4.69, 9.17) is 9.47 Å². The van der Waals surface area contributed by atoms with Crippen LogP contribution in [0.4, 0.5) is 5.00 Å². The van der Waals surface area contributed by atoms with Crippen molar-refractivity contribution in [2.75, 3.05) is 18.5 Å². The van der Waals surface area contributed by atoms with Gasteiger partial charge >= 0.3 is 11.9 Å². The third-order valence-electron chi connectivity index (χ3n) is 6.37. The second-order valence-electron chi connectivity index (χ2n) is 9.05. The highest BCUT2D eigenvalue weighted by atomic mass is 32.1. The van der Waals surface area contributed by atoms with E-state index in [1.165, 1.54) is 11.3 Å². The summed E-state index contributed by atoms with van der Waals surface area (Å²) in [6.07, 6.45) is 2.60. The van der Waals surface area contributed by atoms with Gasteiger partial charge in [-0.1, -0.05) is 37.3 Å². The van der Waals surface area contributed by atoms with E-state index in [1.807, 2.05) is 30.3 Å². The highest BCUT2D eigenvalue weighted by Gasteiger charge is 2.29. The van der Waals surface area contributed by atoms with E-state index in [-0.39, 0.29) is 6.61 Å². The molecule has 0 aliphatic heterocycles. The molecule has 1 aliphatic carbocycles. The number of imidazole rings is 1. The molecule has 190 valence electrons. The number of nitrogens with one attached hydrogen (secondary N) is 2. The van der Waals surface area contributed by atoms with Gasteiger partial charge in [0.25, 0.3) is 5.91 Å². The van der Waals surface area contributed by atoms with Crippen LogP contribution < -0.4 is 5.32 Å². The zero-order chi connectivity index (χ0) is 25.9. The largest absolute Gasteiger partial charge is 0.462 e. The van der Waals surface area contributed by atoms with Crippen molar-refractivity contribution in [1.82, 2.24) is 9.97 Å². The van der Waals surface area contributed by atoms with Gasteiger partial charge in [0.15, 0.2) is 6.61 Å². The van der Waals surface area contributed by atoms with Crippen molar-refractivity contribution >= 4 is 45.2 Å². The van der Waals surface area contributed by atoms with Gasteiger partial charge in [0.05, 0.1) is 28.8 Å². The normalized spacial score (nSPS) is 14.7. The Morgan fingerprint density at radius 1 is 1.08 bits per heavy atom. The SMILES string of the molecule is CCOC(=O)c1c(NC(=O)COC(=O)c2ccccc2-c2nc3ccccc3[nH]2)sc2c1CCC(C)C2. The Bertz CT molecular complexity index is 1460. The maximum atomic E-state index is 13.0. The van der Waals surface area contributed by atoms with Crippen LogP contribution in [0.25, 0.3) is 22.4 Å². The zero-order valence-electron chi connectivity index (χ0n) is 20.6. The topological polar surface area (TPSA) is 110 Å². The zero-order valence-corrected chi connectivity index (χ0v) is 21.4. The molecular weight excluding hydrogens is 490 g/mol. The lowest BCUT2D eigenvalue weighted by Crippen LogP contribution is -2.22. The number of fused-ring (bicyclic) bond motifs is 2. The smallest absolute Gasteiger partial charge is 0.341 e. The number of para-hydroxylation sites is 2. The van der Waals surface area contributed by atoms with Gasteiger partial charge in [0.2, 0.25) is 0 Å². The first-order valence-electron chi connectivity index (χ1n) is 12.3. The molecule has 5 rings (SSSR count). The first-order valence-corrected chi connectivity index (χ1v) is 13.1. The Balaban J connectivity index is 1.31. The molecule has 0 saturated carbocycles. The molecule has 9 heteroatoms. The van der Waals surface area contributed by atoms with Crippen LogP contribution in [0.15, 0.2) is 48.5 Å². The van der Waals surface area contributed by atoms with E-state index in [9.17, 15) is 14.4 Å². The van der Waals surface area contributed by atoms with E-state index in [0.717, 1.165) is 40.7 Å². The number of ether oxygens (including phenoxy) is 2. The third-order valence-corrected chi connectivity index (χ3v) is 7.54. The van der Waals surface area contributed by atoms with Gasteiger partial charge < -0.3 is 19.8 Å². The molecule has 8 nitrogen and oxygen atoms in total. The number of benzene rings is 2. The third kappa shape index (κ3) is 5.13. The summed E-state index contributed by atoms with van der Waals surface area (Å²) >= 11 is 1.39. The predicted octanol–water partition coefficient (Wildman–Crippen LogP) is 5.39. The van der Waals surface area contributed by atoms with E-state index in [1.54, 1.807) is 25.1 Å². The Morgan fingerprint density at radius 3 is 2.68 bits per heavy atom. The van der Waals surface area contributed by atoms with E-state index in [2.05, 4.69) is 22.2 Å². The summed E-state index contributed by atoms with van der Waals surface area (Å²) in [6, 6.07) is 14.5. The van der Waals surface area contributed by atoms with Crippen molar-refractivity contribution in [2.24, 2.45) is 5.92 Å². The van der Waals surface area contributed by atoms with Crippen molar-refractivity contribution in [2.45, 2.75) is 33.1 Å². The molecule has 1 atom stereocenters. The number of thiophene rings is 1. The van der Waals surface area contributed by atoms with Crippen LogP contribution in [-0.4, -0.2) is 41.0 Å². The number of carbonyl (C=O) groups is 3. The van der Waals surface area contributed by atoms with Gasteiger partial charge in [-0.05, 0) is 55.9 Å². The van der Waals surface area contributed by atoms with Gasteiger partial charge in [-0.2, -0.15) is 0 Å². The van der Waals surface area contributed by atoms with Gasteiger partial charge in [0, 0.05) is 10.4 Å². The second-order valence-corrected chi connectivity index (χ2v) is 10.2. The molecule has 1 amide bonds. The maximum absolute atomic E-state index is 13.0. The Kier molecular flexibility index (Phi) is 7.05. The van der Waals surface area contributed by atoms with Gasteiger partial charge in [-0.25, -0.2) is 14.6 Å². The lowest BCUT2D eigenvalue weighted by atomic mass is 9.88. The minimum Gasteiger partial charge on any atom is -0.462 e. The Morgan fingerprint density at radius 2 is 1.86 bits per heavy atom. The van der Waals surface area contributed by atoms with Crippen molar-refractivity contribution in [3.63, 3.8) is 0 Å². The fourth-order valence-corrected chi connectivity index (χ4v) is 5.99. The second kappa shape index (κ2) is 10.6. The minimum absolute atomic E-state index is 0.246. The van der Waals surface area contributed by atoms with Crippen molar-refractivity contribution in [3.05, 3.63) is 70.1 Å². The molecular formula is C28H27N3O5S. The molecule has 2 aromatic heterocycles. The number of aromatic amines is 1. The molecule has 0 radical (unpaired) electrons. The maximum Gasteiger partial charge on any atom is 0.341 e. The van der Waals surface area contributed by atoms with E-state index in [0.29, 0.717) is 33.4 Å². The van der Waals surface area contributed by atoms with Gasteiger partial charge in [-0.15, -0.1) is 11.3 Å². The monoisotopic (exact) mass is 517 g/mol. The highest BCUT2D eigenvalue weighted by Crippen LogP contribution is 2.40. The van der Waals surface area contributed by atoms with Crippen LogP contribution in [-0.2, 0) is 27.1 Å². The average Bonchev–Trinajstić information content (AvgIpc) is 3.48. The minimum atomic E-state index is -0.642. The number of H-pyrrole nitrogens is 1. The molecule has 4 aromatic rings. The Hall–Kier alpha value is -3.98. The number of aromatic nitrogens is 2. The molecule has 2 aromatic carbocycles. The number of hydrogen-bond donors (Lipinski definition) is 2. The molecule has 0 saturated heterocycles. The van der Waals surface area contributed by atoms with Crippen LogP contribution in [0.3, 0.4) is 0 Å². The number of amides is 1. The highest BCUT2D eigenvalue weighted by molar-refractivity contribution is 7.17. The van der Waals surface area contributed by atoms with Crippen molar-refractivity contribution in [1.29, 1.82) is 0 Å². The number of esters is 2. The number of anilines is 1. The predicted molar refractivity (Wildman–Crippen MR) is 142 cm³/mol. The fraction of sp³-hybridized carbons (Fsp3) is 0.286. The summed E-state index contributed by atoms with van der Waals surface area (Å²) in [5.41, 5.74) is 3.88. The molecule has 2 N–H and O–H groups in total. The fourth-order valence-electron chi connectivity index (χ4n) is 4.58. The first-order chi connectivity index (χ1) is 17.9. The molecule has 2 heterocycles. The lowest BCUT2D eigenvalue weighted by molar-refractivity contribution is -0.119. The molecule has 1 aliphatic rings. The number of hydrogen-bond acceptors (Lipinski definition) is 7. The van der Waals surface area contributed by atoms with Gasteiger partial charge in [0.1, 0.15) is 10.8 Å². The van der Waals surface area contributed by atoms with Crippen molar-refractivity contribution in [3.8, 4) is 11.4 Å². The average molecular weight is 518 g/mol. The van der Waals surface area contributed by atoms with Crippen LogP contribution in [0, 0.1) is 5.92 Å². The number of rotatable bonds is 7. The summed E-state index contributed by atoms with van der Waals surface area (Å²) in [7, 11) is 0. The summed E-state index contributed by atoms with van der Waals surface area (Å²) in [4.78, 5) is 47.3. The molecule has 0 bridgehead atoms. The van der Waals surface area contributed by atoms with Crippen LogP contribution in [0.1, 0.15) is 51.4 Å². The molecule has 0 fully saturated rings. The molecule has 37 heavy (non-hydrogen) atoms. The van der Waals surface area contributed by atoms with Crippen LogP contribution in [0.5, 0.6) is 0 Å². The van der Waals surface area contributed by atoms with Crippen molar-refractivity contribution < 1.29 is 23.9 Å². The van der Waals surface area contributed by atoms with Crippen LogP contribution >= 0.6 is 11.3 Å². The summed E-state index contributed by atoms with van der Waals surface area (Å²) in [6.45, 7) is 3.68. The molecule has 0 spiro atoms. The Labute approximate surface area is 218 Å². The summed E-state index contributed by atoms with van der Waals surface area (Å²) in [5, 5.41) is 3.22. The summed E-state index contributed by atoms with van der Waals surface area (Å²) in [5.74, 6) is -0.558. The molecule has 1 unspecified atom stereocenters. The van der Waals surface area contributed by atoms with E-state index >= 15 is 0 Å². The lowest BCUT2D eigenvalue weighted by Gasteiger charge is -2.18. The van der Waals surface area contributed by atoms with Gasteiger partial charge in [-0.3, -0.25) is 4.79 Å². The first kappa shape index (κ1) is 24.7. The number of carbonyl (C=O) groups excluding carboxylic acids is 3.